The maximum Gasteiger partial charge on any atom is 0.249 e. The molecule has 1 aliphatic carbocycles. The molecule has 1 saturated carbocycles. The summed E-state index contributed by atoms with van der Waals surface area (Å²) in [6.45, 7) is 0.877. The number of primary amides is 1. The SMILES string of the molecule is COc1ccc(C(N)=O)c2c3cccc(Cl)c3n(CC3CCCCC3)c12. The van der Waals surface area contributed by atoms with Gasteiger partial charge in [-0.3, -0.25) is 4.79 Å². The van der Waals surface area contributed by atoms with Crippen LogP contribution < -0.4 is 10.5 Å². The number of fused-ring (bicyclic) bond motifs is 3. The number of ether oxygens (including phenoxy) is 1. The Hall–Kier alpha value is -2.20. The number of para-hydroxylation sites is 1. The zero-order valence-corrected chi connectivity index (χ0v) is 15.7. The Bertz CT molecular complexity index is 987. The number of carbonyl (C=O) groups is 1. The fourth-order valence-corrected chi connectivity index (χ4v) is 4.67. The number of hydrogen-bond donors (Lipinski definition) is 1. The molecule has 1 fully saturated rings. The van der Waals surface area contributed by atoms with E-state index in [1.54, 1.807) is 13.2 Å². The normalized spacial score (nSPS) is 15.6. The number of aromatic nitrogens is 1. The number of amides is 1. The summed E-state index contributed by atoms with van der Waals surface area (Å²) in [7, 11) is 1.66. The van der Waals surface area contributed by atoms with Crippen LogP contribution in [0.3, 0.4) is 0 Å². The number of nitrogens with zero attached hydrogens (tertiary/aromatic N) is 1. The molecule has 0 radical (unpaired) electrons. The molecule has 0 atom stereocenters. The zero-order valence-electron chi connectivity index (χ0n) is 14.9. The zero-order chi connectivity index (χ0) is 18.3. The highest BCUT2D eigenvalue weighted by atomic mass is 35.5. The first-order valence-corrected chi connectivity index (χ1v) is 9.57. The van der Waals surface area contributed by atoms with Crippen LogP contribution in [0.5, 0.6) is 5.75 Å². The minimum atomic E-state index is -0.436. The Balaban J connectivity index is 2.06. The third-order valence-electron chi connectivity index (χ3n) is 5.59. The maximum absolute atomic E-state index is 12.1. The number of rotatable bonds is 4. The standard InChI is InChI=1S/C21H23ClN2O2/c1-26-17-11-10-15(21(23)25)18-14-8-5-9-16(22)19(14)24(20(17)18)12-13-6-3-2-4-7-13/h5,8-11,13H,2-4,6-7,12H2,1H3,(H2,23,25). The molecule has 4 nitrogen and oxygen atoms in total. The van der Waals surface area contributed by atoms with Crippen LogP contribution in [-0.4, -0.2) is 17.6 Å². The van der Waals surface area contributed by atoms with Gasteiger partial charge in [0.25, 0.3) is 0 Å². The summed E-state index contributed by atoms with van der Waals surface area (Å²) in [4.78, 5) is 12.1. The van der Waals surface area contributed by atoms with Crippen molar-refractivity contribution < 1.29 is 9.53 Å². The molecule has 5 heteroatoms. The van der Waals surface area contributed by atoms with E-state index in [9.17, 15) is 4.79 Å². The topological polar surface area (TPSA) is 57.2 Å². The van der Waals surface area contributed by atoms with Gasteiger partial charge >= 0.3 is 0 Å². The van der Waals surface area contributed by atoms with Gasteiger partial charge in [0.05, 0.1) is 23.2 Å². The lowest BCUT2D eigenvalue weighted by Gasteiger charge is -2.23. The first-order valence-electron chi connectivity index (χ1n) is 9.19. The molecule has 2 aromatic carbocycles. The third kappa shape index (κ3) is 2.73. The first-order chi connectivity index (χ1) is 12.6. The van der Waals surface area contributed by atoms with Crippen molar-refractivity contribution in [1.82, 2.24) is 4.57 Å². The lowest BCUT2D eigenvalue weighted by Crippen LogP contribution is -2.15. The van der Waals surface area contributed by atoms with E-state index < -0.39 is 5.91 Å². The monoisotopic (exact) mass is 370 g/mol. The highest BCUT2D eigenvalue weighted by Crippen LogP contribution is 2.41. The van der Waals surface area contributed by atoms with Crippen LogP contribution in [0, 0.1) is 5.92 Å². The fraction of sp³-hybridized carbons (Fsp3) is 0.381. The van der Waals surface area contributed by atoms with Gasteiger partial charge in [-0.2, -0.15) is 0 Å². The fourth-order valence-electron chi connectivity index (χ4n) is 4.40. The number of benzene rings is 2. The Kier molecular flexibility index (Phi) is 4.53. The van der Waals surface area contributed by atoms with Gasteiger partial charge in [-0.1, -0.05) is 43.0 Å². The predicted molar refractivity (Wildman–Crippen MR) is 106 cm³/mol. The summed E-state index contributed by atoms with van der Waals surface area (Å²) in [6, 6.07) is 9.39. The summed E-state index contributed by atoms with van der Waals surface area (Å²) in [6.07, 6.45) is 6.32. The lowest BCUT2D eigenvalue weighted by molar-refractivity contribution is 0.100. The van der Waals surface area contributed by atoms with Gasteiger partial charge in [0.2, 0.25) is 5.91 Å². The number of methoxy groups -OCH3 is 1. The molecule has 1 aliphatic rings. The summed E-state index contributed by atoms with van der Waals surface area (Å²) < 4.78 is 7.89. The van der Waals surface area contributed by atoms with Gasteiger partial charge in [0.1, 0.15) is 5.75 Å². The number of hydrogen-bond acceptors (Lipinski definition) is 2. The molecule has 0 saturated heterocycles. The van der Waals surface area contributed by atoms with Crippen LogP contribution in [0.25, 0.3) is 21.8 Å². The molecule has 0 spiro atoms. The van der Waals surface area contributed by atoms with Crippen LogP contribution in [0.15, 0.2) is 30.3 Å². The van der Waals surface area contributed by atoms with Crippen molar-refractivity contribution in [2.24, 2.45) is 11.7 Å². The Morgan fingerprint density at radius 2 is 1.96 bits per heavy atom. The summed E-state index contributed by atoms with van der Waals surface area (Å²) in [5, 5.41) is 2.48. The number of nitrogens with two attached hydrogens (primary N) is 1. The molecule has 1 amide bonds. The summed E-state index contributed by atoms with van der Waals surface area (Å²) in [5.41, 5.74) is 8.06. The van der Waals surface area contributed by atoms with E-state index in [0.29, 0.717) is 16.5 Å². The van der Waals surface area contributed by atoms with Crippen molar-refractivity contribution in [3.63, 3.8) is 0 Å². The van der Waals surface area contributed by atoms with Crippen LogP contribution in [-0.2, 0) is 6.54 Å². The molecule has 0 unspecified atom stereocenters. The van der Waals surface area contributed by atoms with E-state index in [2.05, 4.69) is 4.57 Å². The predicted octanol–water partition coefficient (Wildman–Crippen LogP) is 5.14. The van der Waals surface area contributed by atoms with E-state index in [1.807, 2.05) is 24.3 Å². The molecule has 2 N–H and O–H groups in total. The van der Waals surface area contributed by atoms with Crippen molar-refractivity contribution in [3.05, 3.63) is 40.9 Å². The average molecular weight is 371 g/mol. The molecule has 26 heavy (non-hydrogen) atoms. The second-order valence-electron chi connectivity index (χ2n) is 7.15. The van der Waals surface area contributed by atoms with Crippen molar-refractivity contribution in [3.8, 4) is 5.75 Å². The van der Waals surface area contributed by atoms with Gasteiger partial charge in [-0.15, -0.1) is 0 Å². The summed E-state index contributed by atoms with van der Waals surface area (Å²) >= 11 is 6.60. The third-order valence-corrected chi connectivity index (χ3v) is 5.89. The van der Waals surface area contributed by atoms with Gasteiger partial charge in [0.15, 0.2) is 0 Å². The average Bonchev–Trinajstić information content (AvgIpc) is 2.98. The van der Waals surface area contributed by atoms with Gasteiger partial charge in [-0.25, -0.2) is 0 Å². The molecule has 3 aromatic rings. The Labute approximate surface area is 157 Å². The minimum absolute atomic E-state index is 0.436. The molecule has 1 heterocycles. The smallest absolute Gasteiger partial charge is 0.249 e. The van der Waals surface area contributed by atoms with E-state index in [1.165, 1.54) is 32.1 Å². The van der Waals surface area contributed by atoms with Crippen molar-refractivity contribution in [2.75, 3.05) is 7.11 Å². The molecule has 1 aromatic heterocycles. The highest BCUT2D eigenvalue weighted by Gasteiger charge is 2.23. The first kappa shape index (κ1) is 17.2. The molecule has 4 rings (SSSR count). The molecule has 0 aliphatic heterocycles. The highest BCUT2D eigenvalue weighted by molar-refractivity contribution is 6.37. The van der Waals surface area contributed by atoms with Crippen LogP contribution in [0.2, 0.25) is 5.02 Å². The minimum Gasteiger partial charge on any atom is -0.495 e. The largest absolute Gasteiger partial charge is 0.495 e. The van der Waals surface area contributed by atoms with E-state index in [0.717, 1.165) is 34.1 Å². The van der Waals surface area contributed by atoms with Gasteiger partial charge < -0.3 is 15.0 Å². The lowest BCUT2D eigenvalue weighted by atomic mass is 9.89. The second-order valence-corrected chi connectivity index (χ2v) is 7.56. The maximum atomic E-state index is 12.1. The van der Waals surface area contributed by atoms with Crippen LogP contribution in [0.1, 0.15) is 42.5 Å². The Morgan fingerprint density at radius 1 is 1.19 bits per heavy atom. The molecular formula is C21H23ClN2O2. The van der Waals surface area contributed by atoms with Crippen LogP contribution in [0.4, 0.5) is 0 Å². The Morgan fingerprint density at radius 3 is 2.65 bits per heavy atom. The van der Waals surface area contributed by atoms with E-state index >= 15 is 0 Å². The van der Waals surface area contributed by atoms with Crippen molar-refractivity contribution in [1.29, 1.82) is 0 Å². The summed E-state index contributed by atoms with van der Waals surface area (Å²) in [5.74, 6) is 0.920. The number of halogens is 1. The van der Waals surface area contributed by atoms with Gasteiger partial charge in [0, 0.05) is 22.9 Å². The molecular weight excluding hydrogens is 348 g/mol. The number of carbonyl (C=O) groups excluding carboxylic acids is 1. The van der Waals surface area contributed by atoms with E-state index in [-0.39, 0.29) is 0 Å². The second kappa shape index (κ2) is 6.84. The quantitative estimate of drug-likeness (QED) is 0.691. The molecule has 136 valence electrons. The van der Waals surface area contributed by atoms with Crippen LogP contribution >= 0.6 is 11.6 Å². The molecule has 0 bridgehead atoms. The van der Waals surface area contributed by atoms with Crippen molar-refractivity contribution in [2.45, 2.75) is 38.6 Å². The van der Waals surface area contributed by atoms with E-state index in [4.69, 9.17) is 22.1 Å². The van der Waals surface area contributed by atoms with Crippen molar-refractivity contribution >= 4 is 39.3 Å². The van der Waals surface area contributed by atoms with Gasteiger partial charge in [-0.05, 0) is 37.0 Å².